The van der Waals surface area contributed by atoms with Crippen LogP contribution in [0.5, 0.6) is 0 Å². The number of carbonyl (C=O) groups is 2. The average molecular weight is 388 g/mol. The van der Waals surface area contributed by atoms with E-state index in [0.29, 0.717) is 0 Å². The maximum atomic E-state index is 13.6. The number of hydrogen-bond acceptors (Lipinski definition) is 6. The summed E-state index contributed by atoms with van der Waals surface area (Å²) in [5.74, 6) is -2.81. The maximum Gasteiger partial charge on any atom is 0.359 e. The van der Waals surface area contributed by atoms with Gasteiger partial charge in [-0.3, -0.25) is 14.9 Å². The largest absolute Gasteiger partial charge is 0.451 e. The number of nitrogens with one attached hydrogen (secondary N) is 1. The molecule has 0 atom stereocenters. The fourth-order valence-electron chi connectivity index (χ4n) is 1.67. The van der Waals surface area contributed by atoms with E-state index in [1.807, 2.05) is 0 Å². The molecule has 1 amide bonds. The summed E-state index contributed by atoms with van der Waals surface area (Å²) in [5, 5.41) is 12.7. The van der Waals surface area contributed by atoms with E-state index >= 15 is 0 Å². The summed E-state index contributed by atoms with van der Waals surface area (Å²) < 4.78 is 18.3. The number of anilines is 1. The van der Waals surface area contributed by atoms with Crippen LogP contribution in [0.15, 0.2) is 30.3 Å². The Labute approximate surface area is 149 Å². The molecule has 0 radical (unpaired) electrons. The molecule has 1 N–H and O–H groups in total. The van der Waals surface area contributed by atoms with E-state index in [1.165, 1.54) is 12.1 Å². The number of esters is 1. The number of halogens is 3. The van der Waals surface area contributed by atoms with Crippen LogP contribution in [0.3, 0.4) is 0 Å². The van der Waals surface area contributed by atoms with E-state index in [9.17, 15) is 24.1 Å². The van der Waals surface area contributed by atoms with Crippen LogP contribution in [-0.4, -0.2) is 28.4 Å². The number of nitro groups is 1. The predicted molar refractivity (Wildman–Crippen MR) is 86.2 cm³/mol. The molecule has 0 bridgehead atoms. The Bertz CT molecular complexity index is 862. The second-order valence-corrected chi connectivity index (χ2v) is 5.30. The molecule has 0 spiro atoms. The van der Waals surface area contributed by atoms with Crippen molar-refractivity contribution >= 4 is 46.5 Å². The number of benzene rings is 1. The van der Waals surface area contributed by atoms with E-state index in [-0.39, 0.29) is 15.9 Å². The van der Waals surface area contributed by atoms with Gasteiger partial charge in [-0.15, -0.1) is 0 Å². The molecule has 0 aliphatic carbocycles. The van der Waals surface area contributed by atoms with Gasteiger partial charge in [-0.2, -0.15) is 0 Å². The third kappa shape index (κ3) is 4.85. The smallest absolute Gasteiger partial charge is 0.359 e. The van der Waals surface area contributed by atoms with Gasteiger partial charge in [-0.25, -0.2) is 14.2 Å². The van der Waals surface area contributed by atoms with Gasteiger partial charge in [0.1, 0.15) is 11.0 Å². The molecule has 0 aliphatic heterocycles. The van der Waals surface area contributed by atoms with Crippen LogP contribution < -0.4 is 5.32 Å². The zero-order chi connectivity index (χ0) is 18.6. The standard InChI is InChI=1S/C14H8Cl2FN3O5/c15-8-2-4-11(16)19-13(8)14(22)25-6-12(21)18-10-5-7(20(23)24)1-3-9(10)17/h1-5H,6H2,(H,18,21). The van der Waals surface area contributed by atoms with Crippen LogP contribution in [0.1, 0.15) is 10.5 Å². The molecule has 2 rings (SSSR count). The second kappa shape index (κ2) is 7.86. The Kier molecular flexibility index (Phi) is 5.84. The molecule has 0 saturated carbocycles. The third-order valence-corrected chi connectivity index (χ3v) is 3.29. The number of amides is 1. The molecule has 0 aliphatic rings. The highest BCUT2D eigenvalue weighted by molar-refractivity contribution is 6.34. The van der Waals surface area contributed by atoms with E-state index in [2.05, 4.69) is 10.3 Å². The van der Waals surface area contributed by atoms with Crippen LogP contribution in [-0.2, 0) is 9.53 Å². The normalized spacial score (nSPS) is 10.2. The first-order valence-corrected chi connectivity index (χ1v) is 7.26. The second-order valence-electron chi connectivity index (χ2n) is 4.51. The van der Waals surface area contributed by atoms with E-state index in [0.717, 1.165) is 18.2 Å². The summed E-state index contributed by atoms with van der Waals surface area (Å²) >= 11 is 11.4. The van der Waals surface area contributed by atoms with Gasteiger partial charge >= 0.3 is 5.97 Å². The minimum atomic E-state index is -1.01. The molecule has 8 nitrogen and oxygen atoms in total. The minimum Gasteiger partial charge on any atom is -0.451 e. The molecule has 0 fully saturated rings. The quantitative estimate of drug-likeness (QED) is 0.364. The number of aromatic nitrogens is 1. The van der Waals surface area contributed by atoms with Crippen molar-refractivity contribution in [3.63, 3.8) is 0 Å². The van der Waals surface area contributed by atoms with Gasteiger partial charge in [0.15, 0.2) is 12.3 Å². The van der Waals surface area contributed by atoms with Gasteiger partial charge < -0.3 is 10.1 Å². The van der Waals surface area contributed by atoms with Crippen molar-refractivity contribution in [3.8, 4) is 0 Å². The fourth-order valence-corrected chi connectivity index (χ4v) is 2.00. The third-order valence-electron chi connectivity index (χ3n) is 2.77. The number of pyridine rings is 1. The number of non-ortho nitro benzene ring substituents is 1. The number of carbonyl (C=O) groups excluding carboxylic acids is 2. The van der Waals surface area contributed by atoms with Gasteiger partial charge in [0.25, 0.3) is 11.6 Å². The molecular weight excluding hydrogens is 380 g/mol. The topological polar surface area (TPSA) is 111 Å². The fraction of sp³-hybridized carbons (Fsp3) is 0.0714. The van der Waals surface area contributed by atoms with Crippen LogP contribution in [0, 0.1) is 15.9 Å². The van der Waals surface area contributed by atoms with Crippen LogP contribution >= 0.6 is 23.2 Å². The van der Waals surface area contributed by atoms with Gasteiger partial charge in [-0.05, 0) is 18.2 Å². The summed E-state index contributed by atoms with van der Waals surface area (Å²) in [6, 6.07) is 5.29. The monoisotopic (exact) mass is 387 g/mol. The van der Waals surface area contributed by atoms with E-state index in [1.54, 1.807) is 0 Å². The van der Waals surface area contributed by atoms with E-state index < -0.39 is 40.6 Å². The van der Waals surface area contributed by atoms with Crippen molar-refractivity contribution < 1.29 is 23.6 Å². The summed E-state index contributed by atoms with van der Waals surface area (Å²) in [4.78, 5) is 37.1. The molecule has 11 heteroatoms. The number of rotatable bonds is 5. The van der Waals surface area contributed by atoms with Gasteiger partial charge in [-0.1, -0.05) is 23.2 Å². The molecule has 25 heavy (non-hydrogen) atoms. The molecule has 1 aromatic heterocycles. The maximum absolute atomic E-state index is 13.6. The molecule has 2 aromatic rings. The zero-order valence-electron chi connectivity index (χ0n) is 12.2. The highest BCUT2D eigenvalue weighted by Crippen LogP contribution is 2.21. The lowest BCUT2D eigenvalue weighted by atomic mass is 10.2. The van der Waals surface area contributed by atoms with Crippen LogP contribution in [0.4, 0.5) is 15.8 Å². The summed E-state index contributed by atoms with van der Waals surface area (Å²) in [6.07, 6.45) is 0. The Balaban J connectivity index is 2.01. The minimum absolute atomic E-state index is 0.000493. The van der Waals surface area contributed by atoms with E-state index in [4.69, 9.17) is 27.9 Å². The predicted octanol–water partition coefficient (Wildman–Crippen LogP) is 3.23. The molecule has 0 saturated heterocycles. The molecule has 0 unspecified atom stereocenters. The SMILES string of the molecule is O=C(COC(=O)c1nc(Cl)ccc1Cl)Nc1cc([N+](=O)[O-])ccc1F. The first-order chi connectivity index (χ1) is 11.8. The van der Waals surface area contributed by atoms with Crippen LogP contribution in [0.2, 0.25) is 10.2 Å². The van der Waals surface area contributed by atoms with Crippen LogP contribution in [0.25, 0.3) is 0 Å². The Morgan fingerprint density at radius 2 is 2.00 bits per heavy atom. The van der Waals surface area contributed by atoms with Crippen molar-refractivity contribution in [1.82, 2.24) is 4.98 Å². The molecule has 1 aromatic carbocycles. The lowest BCUT2D eigenvalue weighted by molar-refractivity contribution is -0.384. The summed E-state index contributed by atoms with van der Waals surface area (Å²) in [5.41, 5.74) is -1.12. The lowest BCUT2D eigenvalue weighted by Gasteiger charge is -2.08. The van der Waals surface area contributed by atoms with Crippen molar-refractivity contribution in [2.24, 2.45) is 0 Å². The zero-order valence-corrected chi connectivity index (χ0v) is 13.7. The number of nitrogens with zero attached hydrogens (tertiary/aromatic N) is 2. The van der Waals surface area contributed by atoms with Crippen molar-refractivity contribution in [2.75, 3.05) is 11.9 Å². The van der Waals surface area contributed by atoms with Crippen molar-refractivity contribution in [3.05, 3.63) is 62.1 Å². The summed E-state index contributed by atoms with van der Waals surface area (Å²) in [7, 11) is 0. The Hall–Kier alpha value is -2.78. The molecular formula is C14H8Cl2FN3O5. The highest BCUT2D eigenvalue weighted by Gasteiger charge is 2.18. The average Bonchev–Trinajstić information content (AvgIpc) is 2.56. The van der Waals surface area contributed by atoms with Gasteiger partial charge in [0, 0.05) is 12.1 Å². The number of ether oxygens (including phenoxy) is 1. The molecule has 1 heterocycles. The highest BCUT2D eigenvalue weighted by atomic mass is 35.5. The van der Waals surface area contributed by atoms with Crippen molar-refractivity contribution in [2.45, 2.75) is 0 Å². The Morgan fingerprint density at radius 3 is 2.68 bits per heavy atom. The number of nitro benzene ring substituents is 1. The number of hydrogen-bond donors (Lipinski definition) is 1. The van der Waals surface area contributed by atoms with Crippen molar-refractivity contribution in [1.29, 1.82) is 0 Å². The first-order valence-electron chi connectivity index (χ1n) is 6.51. The molecule has 130 valence electrons. The lowest BCUT2D eigenvalue weighted by Crippen LogP contribution is -2.22. The summed E-state index contributed by atoms with van der Waals surface area (Å²) in [6.45, 7) is -0.786. The first kappa shape index (κ1) is 18.6. The Morgan fingerprint density at radius 1 is 1.28 bits per heavy atom. The van der Waals surface area contributed by atoms with Gasteiger partial charge in [0.05, 0.1) is 15.6 Å². The van der Waals surface area contributed by atoms with Gasteiger partial charge in [0.2, 0.25) is 0 Å².